The van der Waals surface area contributed by atoms with Crippen molar-refractivity contribution < 1.29 is 14.1 Å². The molecule has 0 unspecified atom stereocenters. The van der Waals surface area contributed by atoms with E-state index < -0.39 is 5.91 Å². The standard InChI is InChI=1S/C18H21N5O3/c1-3-26-9-5-8-22-14(19)12(15(20)24)10-13-17(22)21-16-11(2)6-4-7-23(16)18(13)25/h4,6-7,10,19H,3,5,8-9H2,1-2H3,(H2,20,24)/p+1. The maximum atomic E-state index is 12.9. The van der Waals surface area contributed by atoms with Crippen LogP contribution >= 0.6 is 0 Å². The average Bonchev–Trinajstić information content (AvgIpc) is 2.61. The Kier molecular flexibility index (Phi) is 4.85. The number of hydrogen-bond donors (Lipinski definition) is 2. The van der Waals surface area contributed by atoms with E-state index >= 15 is 0 Å². The number of hydrogen-bond acceptors (Lipinski definition) is 5. The van der Waals surface area contributed by atoms with Gasteiger partial charge in [0.05, 0.1) is 6.54 Å². The summed E-state index contributed by atoms with van der Waals surface area (Å²) >= 11 is 0. The molecule has 0 radical (unpaired) electrons. The molecule has 136 valence electrons. The summed E-state index contributed by atoms with van der Waals surface area (Å²) in [4.78, 5) is 29.4. The zero-order valence-electron chi connectivity index (χ0n) is 14.9. The molecule has 1 amide bonds. The van der Waals surface area contributed by atoms with Crippen LogP contribution in [0, 0.1) is 6.92 Å². The van der Waals surface area contributed by atoms with Crippen molar-refractivity contribution in [3.05, 3.63) is 45.9 Å². The molecule has 0 atom stereocenters. The molecule has 0 spiro atoms. The lowest BCUT2D eigenvalue weighted by Crippen LogP contribution is -2.42. The van der Waals surface area contributed by atoms with Gasteiger partial charge in [-0.3, -0.25) is 14.0 Å². The Labute approximate surface area is 150 Å². The van der Waals surface area contributed by atoms with E-state index in [-0.39, 0.29) is 16.9 Å². The van der Waals surface area contributed by atoms with E-state index in [0.29, 0.717) is 42.9 Å². The van der Waals surface area contributed by atoms with Gasteiger partial charge in [0, 0.05) is 31.4 Å². The molecule has 3 heterocycles. The van der Waals surface area contributed by atoms with E-state index in [1.165, 1.54) is 10.5 Å². The van der Waals surface area contributed by atoms with Crippen LogP contribution in [0.2, 0.25) is 0 Å². The Morgan fingerprint density at radius 3 is 2.88 bits per heavy atom. The summed E-state index contributed by atoms with van der Waals surface area (Å²) in [6.07, 6.45) is 2.31. The molecule has 3 aromatic heterocycles. The topological polar surface area (TPSA) is 117 Å². The molecule has 4 N–H and O–H groups in total. The molecule has 0 fully saturated rings. The second kappa shape index (κ2) is 7.09. The summed E-state index contributed by atoms with van der Waals surface area (Å²) in [5, 5.41) is 0.299. The number of nitrogens with zero attached hydrogens (tertiary/aromatic N) is 3. The first-order valence-electron chi connectivity index (χ1n) is 8.47. The van der Waals surface area contributed by atoms with Gasteiger partial charge in [-0.25, -0.2) is 4.57 Å². The monoisotopic (exact) mass is 356 g/mol. The van der Waals surface area contributed by atoms with E-state index in [1.54, 1.807) is 16.8 Å². The highest BCUT2D eigenvalue weighted by Crippen LogP contribution is 2.15. The normalized spacial score (nSPS) is 11.3. The van der Waals surface area contributed by atoms with Crippen molar-refractivity contribution >= 4 is 28.4 Å². The van der Waals surface area contributed by atoms with E-state index in [1.807, 2.05) is 19.9 Å². The van der Waals surface area contributed by atoms with Crippen molar-refractivity contribution in [3.8, 4) is 0 Å². The zero-order valence-corrected chi connectivity index (χ0v) is 14.9. The van der Waals surface area contributed by atoms with Crippen molar-refractivity contribution in [1.82, 2.24) is 9.38 Å². The third kappa shape index (κ3) is 2.99. The van der Waals surface area contributed by atoms with Crippen LogP contribution in [0.4, 0.5) is 5.82 Å². The van der Waals surface area contributed by atoms with Gasteiger partial charge in [-0.1, -0.05) is 11.1 Å². The van der Waals surface area contributed by atoms with Gasteiger partial charge in [-0.15, -0.1) is 0 Å². The number of pyridine rings is 2. The average molecular weight is 356 g/mol. The van der Waals surface area contributed by atoms with Crippen molar-refractivity contribution in [1.29, 1.82) is 0 Å². The molecule has 8 nitrogen and oxygen atoms in total. The zero-order chi connectivity index (χ0) is 18.8. The SMILES string of the molecule is CCOCCC[n+]1c(N)c(C(N)=O)cc2c(=O)n3cccc(C)c3nc21. The molecule has 26 heavy (non-hydrogen) atoms. The van der Waals surface area contributed by atoms with Crippen LogP contribution < -0.4 is 21.6 Å². The first kappa shape index (κ1) is 17.8. The number of nitrogens with two attached hydrogens (primary N) is 2. The minimum atomic E-state index is -0.684. The van der Waals surface area contributed by atoms with Gasteiger partial charge in [-0.2, -0.15) is 0 Å². The molecule has 0 aliphatic rings. The molecule has 3 aromatic rings. The second-order valence-electron chi connectivity index (χ2n) is 6.05. The number of rotatable bonds is 6. The Bertz CT molecular complexity index is 1060. The predicted molar refractivity (Wildman–Crippen MR) is 97.9 cm³/mol. The van der Waals surface area contributed by atoms with Crippen molar-refractivity contribution in [3.63, 3.8) is 0 Å². The van der Waals surface area contributed by atoms with Gasteiger partial charge < -0.3 is 16.2 Å². The lowest BCUT2D eigenvalue weighted by molar-refractivity contribution is -0.659. The minimum Gasteiger partial charge on any atom is -0.382 e. The van der Waals surface area contributed by atoms with E-state index in [4.69, 9.17) is 16.2 Å². The van der Waals surface area contributed by atoms with Gasteiger partial charge in [-0.05, 0) is 26.0 Å². The van der Waals surface area contributed by atoms with Crippen molar-refractivity contribution in [2.24, 2.45) is 5.73 Å². The minimum absolute atomic E-state index is 0.111. The van der Waals surface area contributed by atoms with Gasteiger partial charge in [0.1, 0.15) is 10.9 Å². The van der Waals surface area contributed by atoms with Crippen LogP contribution in [0.5, 0.6) is 0 Å². The largest absolute Gasteiger partial charge is 0.382 e. The molecule has 0 saturated heterocycles. The number of anilines is 1. The van der Waals surface area contributed by atoms with Crippen molar-refractivity contribution in [2.75, 3.05) is 18.9 Å². The number of amides is 1. The number of aromatic nitrogens is 3. The van der Waals surface area contributed by atoms with Gasteiger partial charge in [0.15, 0.2) is 0 Å². The van der Waals surface area contributed by atoms with E-state index in [0.717, 1.165) is 5.56 Å². The van der Waals surface area contributed by atoms with Crippen LogP contribution in [0.3, 0.4) is 0 Å². The maximum absolute atomic E-state index is 12.9. The number of fused-ring (bicyclic) bond motifs is 2. The summed E-state index contributed by atoms with van der Waals surface area (Å²) < 4.78 is 8.50. The molecular formula is C18H22N5O3+. The van der Waals surface area contributed by atoms with Crippen LogP contribution in [-0.4, -0.2) is 28.5 Å². The highest BCUT2D eigenvalue weighted by molar-refractivity contribution is 5.99. The Balaban J connectivity index is 2.32. The Morgan fingerprint density at radius 1 is 1.42 bits per heavy atom. The number of ether oxygens (including phenoxy) is 1. The van der Waals surface area contributed by atoms with Gasteiger partial charge in [0.2, 0.25) is 11.5 Å². The number of nitrogen functional groups attached to an aromatic ring is 1. The number of carbonyl (C=O) groups excluding carboxylic acids is 1. The van der Waals surface area contributed by atoms with Crippen LogP contribution in [0.25, 0.3) is 16.7 Å². The maximum Gasteiger partial charge on any atom is 0.278 e. The smallest absolute Gasteiger partial charge is 0.278 e. The van der Waals surface area contributed by atoms with Crippen molar-refractivity contribution in [2.45, 2.75) is 26.8 Å². The lowest BCUT2D eigenvalue weighted by atomic mass is 10.1. The third-order valence-corrected chi connectivity index (χ3v) is 4.32. The summed E-state index contributed by atoms with van der Waals surface area (Å²) in [6, 6.07) is 5.09. The summed E-state index contributed by atoms with van der Waals surface area (Å²) in [5.41, 5.74) is 13.3. The Morgan fingerprint density at radius 2 is 2.19 bits per heavy atom. The number of primary amides is 1. The molecule has 0 aliphatic heterocycles. The van der Waals surface area contributed by atoms with Crippen LogP contribution in [0.1, 0.15) is 29.3 Å². The predicted octanol–water partition coefficient (Wildman–Crippen LogP) is 0.551. The van der Waals surface area contributed by atoms with E-state index in [2.05, 4.69) is 4.98 Å². The van der Waals surface area contributed by atoms with Crippen LogP contribution in [0.15, 0.2) is 29.2 Å². The molecule has 0 aliphatic carbocycles. The molecule has 3 rings (SSSR count). The summed E-state index contributed by atoms with van der Waals surface area (Å²) in [6.45, 7) is 5.41. The Hall–Kier alpha value is -3.00. The summed E-state index contributed by atoms with van der Waals surface area (Å²) in [5.74, 6) is -0.483. The van der Waals surface area contributed by atoms with E-state index in [9.17, 15) is 9.59 Å². The van der Waals surface area contributed by atoms with Gasteiger partial charge >= 0.3 is 0 Å². The molecule has 0 bridgehead atoms. The number of carbonyl (C=O) groups is 1. The van der Waals surface area contributed by atoms with Crippen LogP contribution in [-0.2, 0) is 11.3 Å². The lowest BCUT2D eigenvalue weighted by Gasteiger charge is -2.11. The molecular weight excluding hydrogens is 334 g/mol. The quantitative estimate of drug-likeness (QED) is 0.380. The molecule has 0 saturated carbocycles. The second-order valence-corrected chi connectivity index (χ2v) is 6.05. The van der Waals surface area contributed by atoms with Gasteiger partial charge in [0.25, 0.3) is 17.1 Å². The first-order chi connectivity index (χ1) is 12.5. The summed E-state index contributed by atoms with van der Waals surface area (Å²) in [7, 11) is 0. The highest BCUT2D eigenvalue weighted by atomic mass is 16.5. The third-order valence-electron chi connectivity index (χ3n) is 4.32. The fourth-order valence-electron chi connectivity index (χ4n) is 3.00. The molecule has 8 heteroatoms. The fourth-order valence-corrected chi connectivity index (χ4v) is 3.00. The first-order valence-corrected chi connectivity index (χ1v) is 8.47. The highest BCUT2D eigenvalue weighted by Gasteiger charge is 2.23. The number of aryl methyl sites for hydroxylation is 2. The fraction of sp³-hybridized carbons (Fsp3) is 0.333. The molecule has 0 aromatic carbocycles.